The van der Waals surface area contributed by atoms with Crippen molar-refractivity contribution in [2.45, 2.75) is 20.0 Å². The van der Waals surface area contributed by atoms with Crippen LogP contribution in [0.1, 0.15) is 19.4 Å². The van der Waals surface area contributed by atoms with Crippen LogP contribution in [0.3, 0.4) is 0 Å². The van der Waals surface area contributed by atoms with Crippen molar-refractivity contribution < 1.29 is 27.4 Å². The molecule has 9 heteroatoms. The summed E-state index contributed by atoms with van der Waals surface area (Å²) in [6, 6.07) is 11.1. The highest BCUT2D eigenvalue weighted by Gasteiger charge is 2.33. The number of rotatable bonds is 8. The molecule has 0 heterocycles. The molecule has 0 fully saturated rings. The second kappa shape index (κ2) is 10.2. The van der Waals surface area contributed by atoms with Gasteiger partial charge >= 0.3 is 6.18 Å². The number of hydrogen-bond donors (Lipinski definition) is 2. The summed E-state index contributed by atoms with van der Waals surface area (Å²) in [7, 11) is 0. The van der Waals surface area contributed by atoms with E-state index in [2.05, 4.69) is 10.6 Å². The van der Waals surface area contributed by atoms with Gasteiger partial charge in [-0.05, 0) is 38.1 Å². The predicted octanol–water partition coefficient (Wildman–Crippen LogP) is 4.96. The first kappa shape index (κ1) is 22.6. The van der Waals surface area contributed by atoms with Gasteiger partial charge in [-0.25, -0.2) is 0 Å². The minimum absolute atomic E-state index is 0.404. The van der Waals surface area contributed by atoms with E-state index in [0.29, 0.717) is 30.4 Å². The number of benzene rings is 2. The monoisotopic (exact) mass is 419 g/mol. The summed E-state index contributed by atoms with van der Waals surface area (Å²) in [5.41, 5.74) is -1.34. The minimum Gasteiger partial charge on any atom is -0.490 e. The smallest absolute Gasteiger partial charge is 0.418 e. The Balaban J connectivity index is 2.20. The third kappa shape index (κ3) is 5.91. The molecular formula is C21H20F3N3O3. The largest absolute Gasteiger partial charge is 0.490 e. The predicted molar refractivity (Wildman–Crippen MR) is 106 cm³/mol. The molecule has 1 amide bonds. The lowest BCUT2D eigenvalue weighted by atomic mass is 10.1. The number of alkyl halides is 3. The van der Waals surface area contributed by atoms with Crippen LogP contribution in [0.2, 0.25) is 0 Å². The molecule has 158 valence electrons. The Morgan fingerprint density at radius 3 is 2.40 bits per heavy atom. The van der Waals surface area contributed by atoms with Gasteiger partial charge < -0.3 is 20.1 Å². The fourth-order valence-electron chi connectivity index (χ4n) is 2.47. The third-order valence-corrected chi connectivity index (χ3v) is 3.77. The van der Waals surface area contributed by atoms with Crippen molar-refractivity contribution >= 4 is 17.3 Å². The highest BCUT2D eigenvalue weighted by molar-refractivity contribution is 6.07. The summed E-state index contributed by atoms with van der Waals surface area (Å²) in [6.45, 7) is 4.50. The number of carbonyl (C=O) groups excluding carboxylic acids is 1. The number of carbonyl (C=O) groups is 1. The quantitative estimate of drug-likeness (QED) is 0.467. The lowest BCUT2D eigenvalue weighted by molar-refractivity contribution is -0.137. The summed E-state index contributed by atoms with van der Waals surface area (Å²) < 4.78 is 50.2. The summed E-state index contributed by atoms with van der Waals surface area (Å²) >= 11 is 0. The van der Waals surface area contributed by atoms with E-state index in [1.54, 1.807) is 24.3 Å². The van der Waals surface area contributed by atoms with Crippen LogP contribution < -0.4 is 20.1 Å². The van der Waals surface area contributed by atoms with E-state index in [9.17, 15) is 23.2 Å². The number of hydrogen-bond acceptors (Lipinski definition) is 5. The van der Waals surface area contributed by atoms with Gasteiger partial charge in [0, 0.05) is 18.0 Å². The Morgan fingerprint density at radius 1 is 1.10 bits per heavy atom. The zero-order valence-electron chi connectivity index (χ0n) is 16.3. The summed E-state index contributed by atoms with van der Waals surface area (Å²) in [4.78, 5) is 12.3. The van der Waals surface area contributed by atoms with Gasteiger partial charge in [0.2, 0.25) is 0 Å². The van der Waals surface area contributed by atoms with Gasteiger partial charge in [0.1, 0.15) is 11.6 Å². The number of nitrogens with zero attached hydrogens (tertiary/aromatic N) is 1. The van der Waals surface area contributed by atoms with Crippen LogP contribution in [0, 0.1) is 11.3 Å². The molecule has 0 aliphatic heterocycles. The van der Waals surface area contributed by atoms with E-state index >= 15 is 0 Å². The van der Waals surface area contributed by atoms with Crippen molar-refractivity contribution in [3.63, 3.8) is 0 Å². The molecule has 30 heavy (non-hydrogen) atoms. The van der Waals surface area contributed by atoms with Crippen LogP contribution >= 0.6 is 0 Å². The fraction of sp³-hybridized carbons (Fsp3) is 0.238. The number of nitrogens with one attached hydrogen (secondary N) is 2. The van der Waals surface area contributed by atoms with Gasteiger partial charge in [-0.1, -0.05) is 12.1 Å². The lowest BCUT2D eigenvalue weighted by Gasteiger charge is -2.13. The zero-order valence-corrected chi connectivity index (χ0v) is 16.3. The number of nitriles is 1. The molecule has 0 bridgehead atoms. The average Bonchev–Trinajstić information content (AvgIpc) is 2.70. The van der Waals surface area contributed by atoms with E-state index in [0.717, 1.165) is 18.3 Å². The van der Waals surface area contributed by atoms with Crippen molar-refractivity contribution in [1.82, 2.24) is 0 Å². The van der Waals surface area contributed by atoms with E-state index in [1.807, 2.05) is 13.8 Å². The normalized spacial score (nSPS) is 11.4. The van der Waals surface area contributed by atoms with Crippen molar-refractivity contribution in [3.05, 3.63) is 59.8 Å². The first-order valence-electron chi connectivity index (χ1n) is 9.04. The van der Waals surface area contributed by atoms with Crippen molar-refractivity contribution in [1.29, 1.82) is 5.26 Å². The number of ether oxygens (including phenoxy) is 2. The second-order valence-corrected chi connectivity index (χ2v) is 5.84. The molecule has 0 saturated carbocycles. The van der Waals surface area contributed by atoms with E-state index in [4.69, 9.17) is 9.47 Å². The Kier molecular flexibility index (Phi) is 7.69. The van der Waals surface area contributed by atoms with Gasteiger partial charge in [0.15, 0.2) is 11.5 Å². The Bertz CT molecular complexity index is 966. The molecule has 0 aliphatic rings. The Morgan fingerprint density at radius 2 is 1.77 bits per heavy atom. The maximum atomic E-state index is 13.1. The molecular weight excluding hydrogens is 399 g/mol. The molecule has 0 aromatic heterocycles. The standard InChI is InChI=1S/C21H20F3N3O3/c1-3-29-18-10-9-15(11-19(18)30-4-2)26-13-14(12-25)20(28)27-17-8-6-5-7-16(17)21(22,23)24/h5-11,13,26H,3-4H2,1-2H3,(H,27,28)/b14-13-. The van der Waals surface area contributed by atoms with Crippen molar-refractivity contribution in [2.75, 3.05) is 23.8 Å². The first-order chi connectivity index (χ1) is 14.3. The van der Waals surface area contributed by atoms with Gasteiger partial charge in [-0.2, -0.15) is 18.4 Å². The number of amides is 1. The molecule has 6 nitrogen and oxygen atoms in total. The SMILES string of the molecule is CCOc1ccc(N/C=C(/C#N)C(=O)Nc2ccccc2C(F)(F)F)cc1OCC. The summed E-state index contributed by atoms with van der Waals surface area (Å²) in [6.07, 6.45) is -3.53. The maximum Gasteiger partial charge on any atom is 0.418 e. The van der Waals surface area contributed by atoms with Crippen LogP contribution in [0.15, 0.2) is 54.2 Å². The lowest BCUT2D eigenvalue weighted by Crippen LogP contribution is -2.18. The molecule has 2 aromatic rings. The van der Waals surface area contributed by atoms with E-state index in [-0.39, 0.29) is 0 Å². The fourth-order valence-corrected chi connectivity index (χ4v) is 2.47. The minimum atomic E-state index is -4.64. The topological polar surface area (TPSA) is 83.4 Å². The number of anilines is 2. The van der Waals surface area contributed by atoms with E-state index < -0.39 is 28.9 Å². The van der Waals surface area contributed by atoms with Crippen LogP contribution in [0.4, 0.5) is 24.5 Å². The van der Waals surface area contributed by atoms with Crippen LogP contribution in [-0.4, -0.2) is 19.1 Å². The van der Waals surface area contributed by atoms with Crippen LogP contribution in [-0.2, 0) is 11.0 Å². The zero-order chi connectivity index (χ0) is 22.1. The molecule has 0 unspecified atom stereocenters. The number of halogens is 3. The van der Waals surface area contributed by atoms with Gasteiger partial charge in [0.05, 0.1) is 24.5 Å². The van der Waals surface area contributed by atoms with Gasteiger partial charge in [0.25, 0.3) is 5.91 Å². The van der Waals surface area contributed by atoms with E-state index in [1.165, 1.54) is 12.1 Å². The molecule has 2 rings (SSSR count). The molecule has 0 atom stereocenters. The molecule has 2 aromatic carbocycles. The van der Waals surface area contributed by atoms with Crippen molar-refractivity contribution in [2.24, 2.45) is 0 Å². The maximum absolute atomic E-state index is 13.1. The molecule has 0 saturated heterocycles. The second-order valence-electron chi connectivity index (χ2n) is 5.84. The summed E-state index contributed by atoms with van der Waals surface area (Å²) in [5.74, 6) is 0.0355. The van der Waals surface area contributed by atoms with Crippen LogP contribution in [0.25, 0.3) is 0 Å². The summed E-state index contributed by atoms with van der Waals surface area (Å²) in [5, 5.41) is 14.1. The Labute approximate surface area is 171 Å². The van der Waals surface area contributed by atoms with Gasteiger partial charge in [-0.15, -0.1) is 0 Å². The molecule has 0 spiro atoms. The third-order valence-electron chi connectivity index (χ3n) is 3.77. The average molecular weight is 419 g/mol. The molecule has 0 radical (unpaired) electrons. The highest BCUT2D eigenvalue weighted by Crippen LogP contribution is 2.35. The Hall–Kier alpha value is -3.67. The van der Waals surface area contributed by atoms with Crippen molar-refractivity contribution in [3.8, 4) is 17.6 Å². The van der Waals surface area contributed by atoms with Crippen LogP contribution in [0.5, 0.6) is 11.5 Å². The number of para-hydroxylation sites is 1. The molecule has 0 aliphatic carbocycles. The first-order valence-corrected chi connectivity index (χ1v) is 9.04. The molecule has 2 N–H and O–H groups in total. The highest BCUT2D eigenvalue weighted by atomic mass is 19.4. The van der Waals surface area contributed by atoms with Gasteiger partial charge in [-0.3, -0.25) is 4.79 Å².